The van der Waals surface area contributed by atoms with E-state index in [1.807, 2.05) is 42.5 Å². The van der Waals surface area contributed by atoms with Crippen molar-refractivity contribution in [3.05, 3.63) is 83.2 Å². The zero-order valence-electron chi connectivity index (χ0n) is 14.1. The number of halogens is 1. The van der Waals surface area contributed by atoms with Crippen LogP contribution in [0.3, 0.4) is 0 Å². The average molecular weight is 399 g/mol. The predicted molar refractivity (Wildman–Crippen MR) is 105 cm³/mol. The lowest BCUT2D eigenvalue weighted by Crippen LogP contribution is -2.10. The van der Waals surface area contributed by atoms with Crippen LogP contribution in [0.4, 0.5) is 5.69 Å². The number of sulfone groups is 1. The third-order valence-corrected chi connectivity index (χ3v) is 6.34. The van der Waals surface area contributed by atoms with E-state index >= 15 is 0 Å². The van der Waals surface area contributed by atoms with E-state index in [1.165, 1.54) is 18.3 Å². The topological polar surface area (TPSA) is 68.2 Å². The van der Waals surface area contributed by atoms with E-state index in [-0.39, 0.29) is 21.0 Å². The second kappa shape index (κ2) is 6.72. The maximum absolute atomic E-state index is 13.0. The summed E-state index contributed by atoms with van der Waals surface area (Å²) in [7, 11) is -3.86. The van der Waals surface area contributed by atoms with Gasteiger partial charge in [-0.3, -0.25) is 4.79 Å². The van der Waals surface area contributed by atoms with E-state index < -0.39 is 15.7 Å². The molecule has 7 heteroatoms. The van der Waals surface area contributed by atoms with E-state index in [4.69, 9.17) is 11.6 Å². The highest BCUT2D eigenvalue weighted by Crippen LogP contribution is 2.35. The van der Waals surface area contributed by atoms with Crippen LogP contribution in [-0.4, -0.2) is 18.9 Å². The second-order valence-corrected chi connectivity index (χ2v) is 8.47. The molecule has 1 aromatic heterocycles. The predicted octanol–water partition coefficient (Wildman–Crippen LogP) is 4.25. The van der Waals surface area contributed by atoms with E-state index in [1.54, 1.807) is 16.8 Å². The Hall–Kier alpha value is -2.83. The number of amides is 1. The van der Waals surface area contributed by atoms with Gasteiger partial charge in [-0.2, -0.15) is 0 Å². The maximum atomic E-state index is 13.0. The van der Waals surface area contributed by atoms with Crippen LogP contribution < -0.4 is 5.32 Å². The summed E-state index contributed by atoms with van der Waals surface area (Å²) in [5, 5.41) is 2.94. The van der Waals surface area contributed by atoms with Gasteiger partial charge in [0.25, 0.3) is 5.91 Å². The van der Waals surface area contributed by atoms with E-state index in [9.17, 15) is 13.2 Å². The number of benzene rings is 2. The summed E-state index contributed by atoms with van der Waals surface area (Å²) in [6, 6.07) is 14.2. The van der Waals surface area contributed by atoms with Crippen LogP contribution in [0.5, 0.6) is 0 Å². The molecule has 0 saturated heterocycles. The molecule has 27 heavy (non-hydrogen) atoms. The fourth-order valence-electron chi connectivity index (χ4n) is 2.98. The standard InChI is InChI=1S/C20H15ClN2O3S/c21-15-8-9-17-18(11-15)27(25,26)19-13-23(12-16(19)20(24)22-17)10-4-7-14-5-2-1-3-6-14/h1-9,11-13H,10H2,(H,22,24)/b7-4+. The first-order valence-corrected chi connectivity index (χ1v) is 10.1. The van der Waals surface area contributed by atoms with Gasteiger partial charge in [-0.1, -0.05) is 54.1 Å². The van der Waals surface area contributed by atoms with Gasteiger partial charge in [0.05, 0.1) is 16.1 Å². The molecule has 0 unspecified atom stereocenters. The molecule has 0 saturated carbocycles. The summed E-state index contributed by atoms with van der Waals surface area (Å²) >= 11 is 5.96. The lowest BCUT2D eigenvalue weighted by atomic mass is 10.2. The molecule has 1 amide bonds. The van der Waals surface area contributed by atoms with Gasteiger partial charge in [-0.05, 0) is 23.8 Å². The minimum atomic E-state index is -3.86. The molecule has 2 heterocycles. The second-order valence-electron chi connectivity index (χ2n) is 6.14. The first-order valence-electron chi connectivity index (χ1n) is 8.22. The number of nitrogens with zero attached hydrogens (tertiary/aromatic N) is 1. The van der Waals surface area contributed by atoms with Gasteiger partial charge in [-0.15, -0.1) is 0 Å². The number of hydrogen-bond acceptors (Lipinski definition) is 3. The lowest BCUT2D eigenvalue weighted by Gasteiger charge is -2.07. The zero-order chi connectivity index (χ0) is 19.0. The molecule has 0 bridgehead atoms. The molecule has 0 fully saturated rings. The molecule has 4 rings (SSSR count). The van der Waals surface area contributed by atoms with Gasteiger partial charge in [0.2, 0.25) is 9.84 Å². The van der Waals surface area contributed by atoms with Crippen LogP contribution >= 0.6 is 11.6 Å². The molecule has 2 aromatic carbocycles. The Morgan fingerprint density at radius 1 is 1.04 bits per heavy atom. The number of fused-ring (bicyclic) bond motifs is 2. The van der Waals surface area contributed by atoms with Crippen LogP contribution in [0, 0.1) is 0 Å². The van der Waals surface area contributed by atoms with Crippen LogP contribution in [0.2, 0.25) is 5.02 Å². The third kappa shape index (κ3) is 3.29. The maximum Gasteiger partial charge on any atom is 0.258 e. The van der Waals surface area contributed by atoms with Gasteiger partial charge >= 0.3 is 0 Å². The number of carbonyl (C=O) groups is 1. The van der Waals surface area contributed by atoms with Crippen molar-refractivity contribution < 1.29 is 13.2 Å². The summed E-state index contributed by atoms with van der Waals surface area (Å²) in [6.07, 6.45) is 6.87. The Kier molecular flexibility index (Phi) is 4.37. The summed E-state index contributed by atoms with van der Waals surface area (Å²) < 4.78 is 27.8. The Labute approximate surface area is 161 Å². The molecule has 1 aliphatic rings. The minimum Gasteiger partial charge on any atom is -0.348 e. The number of rotatable bonds is 3. The first kappa shape index (κ1) is 17.6. The number of nitrogens with one attached hydrogen (secondary N) is 1. The van der Waals surface area contributed by atoms with Crippen molar-refractivity contribution >= 4 is 39.1 Å². The van der Waals surface area contributed by atoms with Crippen molar-refractivity contribution in [2.24, 2.45) is 0 Å². The Morgan fingerprint density at radius 2 is 1.81 bits per heavy atom. The highest BCUT2D eigenvalue weighted by molar-refractivity contribution is 7.91. The largest absolute Gasteiger partial charge is 0.348 e. The van der Waals surface area contributed by atoms with Gasteiger partial charge in [0.15, 0.2) is 0 Å². The van der Waals surface area contributed by atoms with E-state index in [0.717, 1.165) is 5.56 Å². The summed E-state index contributed by atoms with van der Waals surface area (Å²) in [5.74, 6) is -0.458. The summed E-state index contributed by atoms with van der Waals surface area (Å²) in [4.78, 5) is 12.5. The first-order chi connectivity index (χ1) is 12.9. The van der Waals surface area contributed by atoms with E-state index in [0.29, 0.717) is 11.6 Å². The summed E-state index contributed by atoms with van der Waals surface area (Å²) in [5.41, 5.74) is 1.40. The van der Waals surface area contributed by atoms with Gasteiger partial charge in [0.1, 0.15) is 4.90 Å². The quantitative estimate of drug-likeness (QED) is 0.717. The molecule has 0 spiro atoms. The Morgan fingerprint density at radius 3 is 2.59 bits per heavy atom. The fourth-order valence-corrected chi connectivity index (χ4v) is 4.85. The number of hydrogen-bond donors (Lipinski definition) is 1. The number of anilines is 1. The Balaban J connectivity index is 1.71. The molecule has 5 nitrogen and oxygen atoms in total. The zero-order valence-corrected chi connectivity index (χ0v) is 15.7. The molecule has 3 aromatic rings. The fraction of sp³-hybridized carbons (Fsp3) is 0.0500. The average Bonchev–Trinajstić information content (AvgIpc) is 3.06. The van der Waals surface area contributed by atoms with Crippen molar-refractivity contribution in [2.45, 2.75) is 16.3 Å². The van der Waals surface area contributed by atoms with Crippen LogP contribution in [0.15, 0.2) is 76.8 Å². The van der Waals surface area contributed by atoms with Crippen molar-refractivity contribution in [3.8, 4) is 0 Å². The molecular formula is C20H15ClN2O3S. The van der Waals surface area contributed by atoms with E-state index in [2.05, 4.69) is 5.32 Å². The number of aromatic nitrogens is 1. The molecule has 1 N–H and O–H groups in total. The monoisotopic (exact) mass is 398 g/mol. The molecule has 0 atom stereocenters. The van der Waals surface area contributed by atoms with Gasteiger partial charge < -0.3 is 9.88 Å². The molecule has 136 valence electrons. The molecule has 1 aliphatic heterocycles. The summed E-state index contributed by atoms with van der Waals surface area (Å²) in [6.45, 7) is 0.438. The van der Waals surface area contributed by atoms with Crippen molar-refractivity contribution in [1.29, 1.82) is 0 Å². The van der Waals surface area contributed by atoms with Crippen molar-refractivity contribution in [1.82, 2.24) is 4.57 Å². The third-order valence-electron chi connectivity index (χ3n) is 4.29. The normalized spacial score (nSPS) is 15.1. The van der Waals surface area contributed by atoms with Crippen LogP contribution in [-0.2, 0) is 16.4 Å². The minimum absolute atomic E-state index is 0.000298. The van der Waals surface area contributed by atoms with Crippen LogP contribution in [0.25, 0.3) is 6.08 Å². The number of carbonyl (C=O) groups excluding carboxylic acids is 1. The number of allylic oxidation sites excluding steroid dienone is 1. The molecule has 0 radical (unpaired) electrons. The van der Waals surface area contributed by atoms with Gasteiger partial charge in [0, 0.05) is 24.0 Å². The lowest BCUT2D eigenvalue weighted by molar-refractivity contribution is 0.102. The molecular weight excluding hydrogens is 384 g/mol. The Bertz CT molecular complexity index is 1170. The van der Waals surface area contributed by atoms with Crippen molar-refractivity contribution in [3.63, 3.8) is 0 Å². The highest BCUT2D eigenvalue weighted by atomic mass is 35.5. The smallest absolute Gasteiger partial charge is 0.258 e. The highest BCUT2D eigenvalue weighted by Gasteiger charge is 2.32. The van der Waals surface area contributed by atoms with Crippen molar-refractivity contribution in [2.75, 3.05) is 5.32 Å². The van der Waals surface area contributed by atoms with Gasteiger partial charge in [-0.25, -0.2) is 8.42 Å². The SMILES string of the molecule is O=C1Nc2ccc(Cl)cc2S(=O)(=O)c2cn(C/C=C/c3ccccc3)cc21. The van der Waals surface area contributed by atoms with Crippen LogP contribution in [0.1, 0.15) is 15.9 Å². The molecule has 0 aliphatic carbocycles.